The topological polar surface area (TPSA) is 517 Å². The molecule has 13 amide bonds. The number of likely N-dealkylation sites (tertiary alicyclic amines) is 1. The molecular weight excluding hydrogens is 1290 g/mol. The van der Waals surface area contributed by atoms with Gasteiger partial charge in [-0.25, -0.2) is 0 Å². The Kier molecular flexibility index (Phi) is 31.0. The van der Waals surface area contributed by atoms with Crippen LogP contribution in [0.15, 0.2) is 65.0 Å². The van der Waals surface area contributed by atoms with Gasteiger partial charge < -0.3 is 90.8 Å². The lowest BCUT2D eigenvalue weighted by molar-refractivity contribution is -0.143. The Morgan fingerprint density at radius 1 is 0.663 bits per heavy atom. The van der Waals surface area contributed by atoms with E-state index in [0.717, 1.165) is 28.3 Å². The van der Waals surface area contributed by atoms with E-state index < -0.39 is 139 Å². The summed E-state index contributed by atoms with van der Waals surface area (Å²) in [5, 5.41) is 59.5. The number of carbonyl (C=O) groups is 13. The van der Waals surface area contributed by atoms with Crippen LogP contribution in [0.5, 0.6) is 0 Å². The van der Waals surface area contributed by atoms with E-state index in [1.54, 1.807) is 58.0 Å². The molecule has 5 rings (SSSR count). The number of aromatic nitrogens is 2. The smallest absolute Gasteiger partial charge is 0.251 e. The minimum absolute atomic E-state index is 0.00219. The highest BCUT2D eigenvalue weighted by atomic mass is 32.1. The molecule has 2 aromatic heterocycles. The Bertz CT molecular complexity index is 3480. The van der Waals surface area contributed by atoms with Crippen molar-refractivity contribution in [3.63, 3.8) is 0 Å². The van der Waals surface area contributed by atoms with Crippen LogP contribution >= 0.6 is 11.3 Å². The number of primary amides is 1. The number of aliphatic hydroxyl groups excluding tert-OH is 2. The number of rotatable bonds is 38. The van der Waals surface area contributed by atoms with Crippen LogP contribution in [-0.4, -0.2) is 202 Å². The third kappa shape index (κ3) is 25.5. The number of amides is 13. The summed E-state index contributed by atoms with van der Waals surface area (Å²) in [6, 6.07) is 5.68. The van der Waals surface area contributed by atoms with Crippen molar-refractivity contribution < 1.29 is 72.5 Å². The molecule has 1 saturated heterocycles. The number of nitrogens with two attached hydrogens (primary N) is 3. The number of hydrogen-bond donors (Lipinski definition) is 17. The van der Waals surface area contributed by atoms with Crippen molar-refractivity contribution in [3.8, 4) is 11.3 Å². The molecule has 1 aliphatic rings. The van der Waals surface area contributed by atoms with Crippen LogP contribution in [0.4, 0.5) is 5.69 Å². The van der Waals surface area contributed by atoms with Crippen molar-refractivity contribution in [2.45, 2.75) is 161 Å². The van der Waals surface area contributed by atoms with Gasteiger partial charge in [-0.3, -0.25) is 72.4 Å². The van der Waals surface area contributed by atoms with Gasteiger partial charge in [-0.05, 0) is 112 Å². The summed E-state index contributed by atoms with van der Waals surface area (Å²) >= 11 is 1.50. The maximum Gasteiger partial charge on any atom is 0.251 e. The van der Waals surface area contributed by atoms with E-state index in [1.165, 1.54) is 30.1 Å². The number of H-pyrrole nitrogens is 1. The Labute approximate surface area is 570 Å². The van der Waals surface area contributed by atoms with Gasteiger partial charge in [-0.2, -0.15) is 5.10 Å². The maximum absolute atomic E-state index is 14.1. The number of nitrogens with one attached hydrogen (secondary N) is 12. The van der Waals surface area contributed by atoms with Crippen molar-refractivity contribution >= 4 is 111 Å². The summed E-state index contributed by atoms with van der Waals surface area (Å²) in [6.07, 6.45) is -2.64. The predicted molar refractivity (Wildman–Crippen MR) is 362 cm³/mol. The molecule has 34 heteroatoms. The van der Waals surface area contributed by atoms with E-state index in [9.17, 15) is 72.5 Å². The largest absolute Gasteiger partial charge is 0.391 e. The van der Waals surface area contributed by atoms with Crippen LogP contribution in [0.1, 0.15) is 115 Å². The Hall–Kier alpha value is -10.1. The van der Waals surface area contributed by atoms with Crippen LogP contribution in [0.25, 0.3) is 22.2 Å². The third-order valence-electron chi connectivity index (χ3n) is 15.3. The summed E-state index contributed by atoms with van der Waals surface area (Å²) in [6.45, 7) is 9.90. The molecule has 534 valence electrons. The molecule has 1 fully saturated rings. The van der Waals surface area contributed by atoms with Gasteiger partial charge in [0.05, 0.1) is 49.3 Å². The normalized spacial score (nSPS) is 15.1. The molecule has 0 saturated carbocycles. The van der Waals surface area contributed by atoms with Gasteiger partial charge in [-0.1, -0.05) is 45.9 Å². The average Bonchev–Trinajstić information content (AvgIpc) is 1.63. The first-order valence-corrected chi connectivity index (χ1v) is 33.1. The van der Waals surface area contributed by atoms with E-state index in [0.29, 0.717) is 36.2 Å². The SMILES string of the molecule is CC(=O)N[C@@H](CCCN=C(N)N)C(=O)N1CCC[C@H]1C(=O)N[C@H](C(=O)N[C@H](C(=O)N[C@@H](CC(C)C)C(=O)N[C@@H](CC(N)=O)C(=O)N[C@@H](CC(C)C)C(=O)NCC(=O)NCC(=O)NCCCNC(=O)c1ccc(-c2n[nH]c3ccc(NC(=O)Cc4cccs4)cc23)cc1)[C@@H](C)O)[C@@H](C)O. The molecule has 98 heavy (non-hydrogen) atoms. The van der Waals surface area contributed by atoms with E-state index >= 15 is 0 Å². The molecule has 33 nitrogen and oxygen atoms in total. The summed E-state index contributed by atoms with van der Waals surface area (Å²) in [7, 11) is 0. The maximum atomic E-state index is 14.1. The fraction of sp³-hybridized carbons (Fsp3) is 0.516. The zero-order valence-electron chi connectivity index (χ0n) is 55.9. The van der Waals surface area contributed by atoms with E-state index in [4.69, 9.17) is 17.2 Å². The van der Waals surface area contributed by atoms with Gasteiger partial charge in [0.2, 0.25) is 70.9 Å². The second kappa shape index (κ2) is 38.6. The summed E-state index contributed by atoms with van der Waals surface area (Å²) in [5.74, 6) is -10.7. The molecule has 0 aliphatic carbocycles. The van der Waals surface area contributed by atoms with Crippen LogP contribution in [0.3, 0.4) is 0 Å². The number of guanidine groups is 1. The van der Waals surface area contributed by atoms with Crippen LogP contribution in [0, 0.1) is 11.8 Å². The average molecular weight is 1390 g/mol. The van der Waals surface area contributed by atoms with E-state index in [2.05, 4.69) is 73.7 Å². The Morgan fingerprint density at radius 2 is 1.27 bits per heavy atom. The number of hydrogen-bond acceptors (Lipinski definition) is 18. The molecule has 9 atom stereocenters. The van der Waals surface area contributed by atoms with Gasteiger partial charge in [0, 0.05) is 60.2 Å². The number of aliphatic imine (C=N–C) groups is 1. The quantitative estimate of drug-likeness (QED) is 0.0127. The number of aliphatic hydroxyl groups is 2. The first-order valence-electron chi connectivity index (χ1n) is 32.2. The summed E-state index contributed by atoms with van der Waals surface area (Å²) in [5.41, 5.74) is 19.4. The standard InChI is InChI=1S/C64H92N18O15S/c1-33(2)26-45(57(91)72-32-52(89)71-31-51(88)68-22-11-23-69-56(90)39-17-15-38(16-18-39)55-42-28-40(19-20-43(42)80-81-55)74-50(87)29-41-12-10-25-98-41)75-59(93)47(30-49(65)86)76-58(92)46(27-34(3)4)77-61(95)53(35(5)83)79-62(96)54(36(6)84)78-60(94)48-14-9-24-82(48)63(97)44(73-37(7)85)13-8-21-70-64(66)67/h10,12,15-20,25,28,33-36,44-48,53-54,83-84H,8-9,11,13-14,21-24,26-27,29-32H2,1-7H3,(H2,65,86)(H,68,88)(H,69,90)(H,71,89)(H,72,91)(H,73,85)(H,74,87)(H,75,93)(H,76,92)(H,77,95)(H,78,94)(H,79,96)(H,80,81)(H4,66,67,70)/t35-,36-,44+,45+,46+,47+,48+,53+,54+/m1/s1. The second-order valence-corrected chi connectivity index (χ2v) is 25.7. The van der Waals surface area contributed by atoms with Crippen molar-refractivity contribution in [3.05, 3.63) is 70.4 Å². The van der Waals surface area contributed by atoms with Crippen molar-refractivity contribution in [1.82, 2.24) is 68.3 Å². The monoisotopic (exact) mass is 1380 g/mol. The molecule has 20 N–H and O–H groups in total. The van der Waals surface area contributed by atoms with Crippen molar-refractivity contribution in [2.24, 2.45) is 34.0 Å². The Morgan fingerprint density at radius 3 is 1.89 bits per heavy atom. The highest BCUT2D eigenvalue weighted by molar-refractivity contribution is 7.10. The number of aromatic amines is 1. The molecule has 1 aliphatic heterocycles. The lowest BCUT2D eigenvalue weighted by atomic mass is 10.0. The molecule has 0 radical (unpaired) electrons. The molecular formula is C64H92N18O15S. The molecule has 4 aromatic rings. The van der Waals surface area contributed by atoms with Gasteiger partial charge in [0.15, 0.2) is 5.96 Å². The van der Waals surface area contributed by atoms with Crippen LogP contribution in [0.2, 0.25) is 0 Å². The molecule has 2 aromatic carbocycles. The molecule has 0 spiro atoms. The zero-order valence-corrected chi connectivity index (χ0v) is 56.7. The molecule has 0 bridgehead atoms. The summed E-state index contributed by atoms with van der Waals surface area (Å²) < 4.78 is 0. The number of nitrogens with zero attached hydrogens (tertiary/aromatic N) is 3. The fourth-order valence-corrected chi connectivity index (χ4v) is 11.2. The Balaban J connectivity index is 1.08. The van der Waals surface area contributed by atoms with Gasteiger partial charge in [0.1, 0.15) is 42.3 Å². The highest BCUT2D eigenvalue weighted by Gasteiger charge is 2.41. The molecule has 0 unspecified atom stereocenters. The van der Waals surface area contributed by atoms with Crippen LogP contribution < -0.4 is 75.7 Å². The first-order chi connectivity index (χ1) is 46.4. The van der Waals surface area contributed by atoms with Crippen LogP contribution in [-0.2, 0) is 64.0 Å². The fourth-order valence-electron chi connectivity index (χ4n) is 10.5. The minimum atomic E-state index is -1.83. The number of fused-ring (bicyclic) bond motifs is 1. The van der Waals surface area contributed by atoms with Crippen molar-refractivity contribution in [1.29, 1.82) is 0 Å². The van der Waals surface area contributed by atoms with Crippen molar-refractivity contribution in [2.75, 3.05) is 44.6 Å². The lowest BCUT2D eigenvalue weighted by Crippen LogP contribution is -2.63. The number of benzene rings is 2. The molecule has 3 heterocycles. The summed E-state index contributed by atoms with van der Waals surface area (Å²) in [4.78, 5) is 178. The van der Waals surface area contributed by atoms with Gasteiger partial charge in [0.25, 0.3) is 5.91 Å². The van der Waals surface area contributed by atoms with E-state index in [1.807, 2.05) is 29.6 Å². The number of carbonyl (C=O) groups excluding carboxylic acids is 13. The predicted octanol–water partition coefficient (Wildman–Crippen LogP) is -2.36. The van der Waals surface area contributed by atoms with Gasteiger partial charge >= 0.3 is 0 Å². The lowest BCUT2D eigenvalue weighted by Gasteiger charge is -2.31. The number of anilines is 1. The second-order valence-electron chi connectivity index (χ2n) is 24.6. The highest BCUT2D eigenvalue weighted by Crippen LogP contribution is 2.29. The van der Waals surface area contributed by atoms with Gasteiger partial charge in [-0.15, -0.1) is 11.3 Å². The number of thiophene rings is 1. The third-order valence-corrected chi connectivity index (χ3v) is 16.2. The first kappa shape index (κ1) is 78.6. The minimum Gasteiger partial charge on any atom is -0.391 e. The zero-order chi connectivity index (χ0) is 72.3. The van der Waals surface area contributed by atoms with E-state index in [-0.39, 0.29) is 87.9 Å².